The predicted molar refractivity (Wildman–Crippen MR) is 67.7 cm³/mol. The van der Waals surface area contributed by atoms with Gasteiger partial charge in [0.1, 0.15) is 5.69 Å². The number of aromatic nitrogens is 1. The number of nitrogens with two attached hydrogens (primary N) is 1. The van der Waals surface area contributed by atoms with Gasteiger partial charge in [0.05, 0.1) is 4.21 Å². The highest BCUT2D eigenvalue weighted by atomic mass is 32.2. The Balaban J connectivity index is 2.47. The Labute approximate surface area is 105 Å². The van der Waals surface area contributed by atoms with E-state index in [1.54, 1.807) is 0 Å². The Bertz CT molecular complexity index is 588. The Kier molecular flexibility index (Phi) is 3.33. The Morgan fingerprint density at radius 1 is 1.53 bits per heavy atom. The van der Waals surface area contributed by atoms with E-state index in [9.17, 15) is 4.57 Å². The van der Waals surface area contributed by atoms with Crippen LogP contribution in [-0.4, -0.2) is 21.0 Å². The summed E-state index contributed by atoms with van der Waals surface area (Å²) in [5, 5.41) is 0.387. The number of hydrogen-bond acceptors (Lipinski definition) is 6. The van der Waals surface area contributed by atoms with Gasteiger partial charge in [-0.15, -0.1) is 11.8 Å². The number of thiazole rings is 1. The number of anilines is 1. The average molecular weight is 292 g/mol. The van der Waals surface area contributed by atoms with Crippen molar-refractivity contribution < 1.29 is 18.8 Å². The first-order valence-electron chi connectivity index (χ1n) is 4.38. The van der Waals surface area contributed by atoms with Gasteiger partial charge in [-0.05, 0) is 18.4 Å². The van der Waals surface area contributed by atoms with E-state index in [2.05, 4.69) is 4.98 Å². The van der Waals surface area contributed by atoms with Crippen molar-refractivity contribution in [3.63, 3.8) is 0 Å². The molecular weight excluding hydrogens is 283 g/mol. The molecule has 0 spiro atoms. The topological polar surface area (TPSA) is 110 Å². The minimum absolute atomic E-state index is 0.306. The molecule has 0 aromatic carbocycles. The molecule has 0 aliphatic carbocycles. The third-order valence-corrected chi connectivity index (χ3v) is 4.72. The van der Waals surface area contributed by atoms with E-state index >= 15 is 0 Å². The number of nitrogen functional groups attached to an aromatic ring is 1. The standard InChI is InChI=1S/C8H9N2O4PS2/c1-16-7-6(10-8(9)17-7)4-2-3-5(14-4)15(11,12)13/h2-3H,1H3,(H2,9,10)(H2,11,12,13). The van der Waals surface area contributed by atoms with Gasteiger partial charge in [-0.1, -0.05) is 11.3 Å². The predicted octanol–water partition coefficient (Wildman–Crippen LogP) is 1.51. The van der Waals surface area contributed by atoms with Gasteiger partial charge in [0.2, 0.25) is 5.50 Å². The minimum atomic E-state index is -4.36. The Morgan fingerprint density at radius 2 is 2.24 bits per heavy atom. The fourth-order valence-electron chi connectivity index (χ4n) is 1.23. The van der Waals surface area contributed by atoms with Crippen LogP contribution in [0.3, 0.4) is 0 Å². The van der Waals surface area contributed by atoms with Crippen molar-refractivity contribution in [3.8, 4) is 11.5 Å². The van der Waals surface area contributed by atoms with Crippen LogP contribution in [0.5, 0.6) is 0 Å². The van der Waals surface area contributed by atoms with Gasteiger partial charge in [0.25, 0.3) is 0 Å². The van der Waals surface area contributed by atoms with E-state index in [0.29, 0.717) is 16.6 Å². The maximum Gasteiger partial charge on any atom is 0.391 e. The second-order valence-corrected chi connectivity index (χ2v) is 6.71. The van der Waals surface area contributed by atoms with E-state index in [4.69, 9.17) is 19.9 Å². The molecule has 9 heteroatoms. The van der Waals surface area contributed by atoms with E-state index in [-0.39, 0.29) is 5.50 Å². The molecule has 0 radical (unpaired) electrons. The van der Waals surface area contributed by atoms with Gasteiger partial charge in [0, 0.05) is 0 Å². The zero-order valence-corrected chi connectivity index (χ0v) is 11.2. The maximum absolute atomic E-state index is 11.0. The zero-order chi connectivity index (χ0) is 12.6. The molecule has 0 saturated heterocycles. The molecule has 2 heterocycles. The van der Waals surface area contributed by atoms with Crippen molar-refractivity contribution in [1.29, 1.82) is 0 Å². The normalized spacial score (nSPS) is 11.9. The third-order valence-electron chi connectivity index (χ3n) is 1.91. The molecular formula is C8H9N2O4PS2. The highest BCUT2D eigenvalue weighted by Crippen LogP contribution is 2.39. The fraction of sp³-hybridized carbons (Fsp3) is 0.125. The molecule has 6 nitrogen and oxygen atoms in total. The summed E-state index contributed by atoms with van der Waals surface area (Å²) >= 11 is 2.75. The second-order valence-electron chi connectivity index (χ2n) is 3.07. The monoisotopic (exact) mass is 292 g/mol. The van der Waals surface area contributed by atoms with Gasteiger partial charge < -0.3 is 19.9 Å². The lowest BCUT2D eigenvalue weighted by Crippen LogP contribution is -1.98. The molecule has 17 heavy (non-hydrogen) atoms. The second kappa shape index (κ2) is 4.47. The fourth-order valence-corrected chi connectivity index (χ4v) is 3.21. The number of nitrogens with zero attached hydrogens (tertiary/aromatic N) is 1. The Morgan fingerprint density at radius 3 is 2.76 bits per heavy atom. The van der Waals surface area contributed by atoms with Crippen LogP contribution in [0, 0.1) is 0 Å². The molecule has 2 rings (SSSR count). The zero-order valence-electron chi connectivity index (χ0n) is 8.65. The van der Waals surface area contributed by atoms with Crippen LogP contribution < -0.4 is 11.2 Å². The quantitative estimate of drug-likeness (QED) is 0.581. The molecule has 0 saturated carbocycles. The largest absolute Gasteiger partial charge is 0.446 e. The summed E-state index contributed by atoms with van der Waals surface area (Å²) in [6, 6.07) is 2.72. The summed E-state index contributed by atoms with van der Waals surface area (Å²) in [5.74, 6) is 0.306. The van der Waals surface area contributed by atoms with Crippen LogP contribution in [0.1, 0.15) is 0 Å². The van der Waals surface area contributed by atoms with Crippen molar-refractivity contribution in [2.45, 2.75) is 4.21 Å². The minimum Gasteiger partial charge on any atom is -0.446 e. The highest BCUT2D eigenvalue weighted by molar-refractivity contribution is 8.00. The van der Waals surface area contributed by atoms with Crippen LogP contribution in [0.4, 0.5) is 5.13 Å². The van der Waals surface area contributed by atoms with Crippen molar-refractivity contribution in [3.05, 3.63) is 12.1 Å². The number of thioether (sulfide) groups is 1. The first-order valence-corrected chi connectivity index (χ1v) is 8.04. The molecule has 4 N–H and O–H groups in total. The molecule has 0 amide bonds. The van der Waals surface area contributed by atoms with E-state index in [1.807, 2.05) is 6.26 Å². The first-order chi connectivity index (χ1) is 7.91. The Hall–Kier alpha value is -0.790. The van der Waals surface area contributed by atoms with E-state index in [1.165, 1.54) is 35.2 Å². The van der Waals surface area contributed by atoms with Gasteiger partial charge in [0.15, 0.2) is 10.9 Å². The lowest BCUT2D eigenvalue weighted by Gasteiger charge is -1.98. The van der Waals surface area contributed by atoms with Crippen molar-refractivity contribution in [2.24, 2.45) is 0 Å². The van der Waals surface area contributed by atoms with E-state index in [0.717, 1.165) is 4.21 Å². The SMILES string of the molecule is CSc1sc(N)nc1-c1ccc(P(=O)(O)O)o1. The summed E-state index contributed by atoms with van der Waals surface area (Å²) < 4.78 is 16.9. The molecule has 2 aromatic rings. The first kappa shape index (κ1) is 12.7. The van der Waals surface area contributed by atoms with Gasteiger partial charge in [-0.2, -0.15) is 0 Å². The maximum atomic E-state index is 11.0. The number of hydrogen-bond donors (Lipinski definition) is 3. The average Bonchev–Trinajstić information content (AvgIpc) is 2.81. The molecule has 0 aliphatic heterocycles. The van der Waals surface area contributed by atoms with Gasteiger partial charge in [-0.25, -0.2) is 4.98 Å². The molecule has 0 aliphatic rings. The van der Waals surface area contributed by atoms with Crippen LogP contribution in [0.25, 0.3) is 11.5 Å². The van der Waals surface area contributed by atoms with Crippen LogP contribution in [0.15, 0.2) is 20.8 Å². The summed E-state index contributed by atoms with van der Waals surface area (Å²) in [7, 11) is -4.36. The van der Waals surface area contributed by atoms with Gasteiger partial charge >= 0.3 is 7.60 Å². The smallest absolute Gasteiger partial charge is 0.391 e. The molecule has 0 atom stereocenters. The van der Waals surface area contributed by atoms with Crippen molar-refractivity contribution >= 4 is 41.3 Å². The molecule has 92 valence electrons. The number of rotatable bonds is 3. The van der Waals surface area contributed by atoms with Crippen LogP contribution in [0.2, 0.25) is 0 Å². The number of furan rings is 1. The molecule has 0 bridgehead atoms. The molecule has 2 aromatic heterocycles. The van der Waals surface area contributed by atoms with Gasteiger partial charge in [-0.3, -0.25) is 4.57 Å². The summed E-state index contributed by atoms with van der Waals surface area (Å²) in [4.78, 5) is 22.0. The van der Waals surface area contributed by atoms with Crippen molar-refractivity contribution in [2.75, 3.05) is 12.0 Å². The lowest BCUT2D eigenvalue weighted by atomic mass is 10.4. The van der Waals surface area contributed by atoms with E-state index < -0.39 is 7.60 Å². The molecule has 0 unspecified atom stereocenters. The third kappa shape index (κ3) is 2.56. The molecule has 0 fully saturated rings. The van der Waals surface area contributed by atoms with Crippen LogP contribution >= 0.6 is 30.7 Å². The summed E-state index contributed by atoms with van der Waals surface area (Å²) in [6.45, 7) is 0. The summed E-state index contributed by atoms with van der Waals surface area (Å²) in [5.41, 5.74) is 5.73. The lowest BCUT2D eigenvalue weighted by molar-refractivity contribution is 0.377. The highest BCUT2D eigenvalue weighted by Gasteiger charge is 2.24. The van der Waals surface area contributed by atoms with Crippen LogP contribution in [-0.2, 0) is 4.57 Å². The van der Waals surface area contributed by atoms with Crippen molar-refractivity contribution in [1.82, 2.24) is 4.98 Å². The summed E-state index contributed by atoms with van der Waals surface area (Å²) in [6.07, 6.45) is 1.86.